The Morgan fingerprint density at radius 3 is 2.84 bits per heavy atom. The van der Waals surface area contributed by atoms with E-state index in [1.54, 1.807) is 0 Å². The molecule has 2 aliphatic heterocycles. The first-order valence-electron chi connectivity index (χ1n) is 9.78. The normalized spacial score (nSPS) is 32.1. The first-order valence-corrected chi connectivity index (χ1v) is 9.78. The number of anilines is 1. The second-order valence-corrected chi connectivity index (χ2v) is 7.96. The molecule has 1 aromatic rings. The minimum absolute atomic E-state index is 0.125. The van der Waals surface area contributed by atoms with Gasteiger partial charge in [-0.15, -0.1) is 0 Å². The Kier molecular flexibility index (Phi) is 3.88. The number of carbonyl (C=O) groups excluding carboxylic acids is 1. The molecular weight excluding hydrogens is 316 g/mol. The van der Waals surface area contributed by atoms with Gasteiger partial charge in [-0.2, -0.15) is 0 Å². The molecule has 4 fully saturated rings. The van der Waals surface area contributed by atoms with Gasteiger partial charge in [-0.1, -0.05) is 0 Å². The Balaban J connectivity index is 1.26. The standard InChI is InChI=1S/C19H26N4O2/c24-18(15-11-14(15)13-3-4-13)23-9-10-25-17(12-23)16-5-6-20-19(21-16)22-7-1-2-8-22/h5-6,13-15,17H,1-4,7-12H2/t14-,15+,17+/m0/s1. The summed E-state index contributed by atoms with van der Waals surface area (Å²) in [5.74, 6) is 2.96. The second kappa shape index (κ2) is 6.24. The van der Waals surface area contributed by atoms with Crippen LogP contribution in [0.1, 0.15) is 43.9 Å². The van der Waals surface area contributed by atoms with E-state index in [9.17, 15) is 4.79 Å². The van der Waals surface area contributed by atoms with Crippen molar-refractivity contribution >= 4 is 11.9 Å². The van der Waals surface area contributed by atoms with Gasteiger partial charge in [-0.25, -0.2) is 9.97 Å². The van der Waals surface area contributed by atoms with E-state index >= 15 is 0 Å². The van der Waals surface area contributed by atoms with E-state index in [2.05, 4.69) is 9.88 Å². The summed E-state index contributed by atoms with van der Waals surface area (Å²) in [4.78, 5) is 26.2. The van der Waals surface area contributed by atoms with Crippen LogP contribution in [0.4, 0.5) is 5.95 Å². The summed E-state index contributed by atoms with van der Waals surface area (Å²) in [5, 5.41) is 0. The zero-order valence-corrected chi connectivity index (χ0v) is 14.6. The number of morpholine rings is 1. The van der Waals surface area contributed by atoms with Crippen molar-refractivity contribution in [1.82, 2.24) is 14.9 Å². The smallest absolute Gasteiger partial charge is 0.226 e. The Morgan fingerprint density at radius 2 is 2.04 bits per heavy atom. The van der Waals surface area contributed by atoms with Crippen molar-refractivity contribution < 1.29 is 9.53 Å². The molecule has 2 saturated heterocycles. The molecular formula is C19H26N4O2. The number of hydrogen-bond donors (Lipinski definition) is 0. The van der Waals surface area contributed by atoms with Gasteiger partial charge < -0.3 is 14.5 Å². The highest BCUT2D eigenvalue weighted by molar-refractivity contribution is 5.82. The number of rotatable bonds is 4. The molecule has 0 spiro atoms. The second-order valence-electron chi connectivity index (χ2n) is 7.96. The minimum Gasteiger partial charge on any atom is -0.368 e. The van der Waals surface area contributed by atoms with Gasteiger partial charge in [0.15, 0.2) is 0 Å². The molecule has 134 valence electrons. The molecule has 0 unspecified atom stereocenters. The summed E-state index contributed by atoms with van der Waals surface area (Å²) in [6.45, 7) is 4.00. The van der Waals surface area contributed by atoms with Gasteiger partial charge >= 0.3 is 0 Å². The molecule has 0 bridgehead atoms. The Hall–Kier alpha value is -1.69. The zero-order chi connectivity index (χ0) is 16.8. The lowest BCUT2D eigenvalue weighted by Crippen LogP contribution is -2.43. The van der Waals surface area contributed by atoms with E-state index in [1.807, 2.05) is 17.2 Å². The van der Waals surface area contributed by atoms with Crippen molar-refractivity contribution in [2.75, 3.05) is 37.7 Å². The lowest BCUT2D eigenvalue weighted by atomic mass is 10.1. The van der Waals surface area contributed by atoms with Gasteiger partial charge in [0.05, 0.1) is 18.8 Å². The van der Waals surface area contributed by atoms with E-state index in [1.165, 1.54) is 25.7 Å². The SMILES string of the molecule is O=C([C@@H]1C[C@H]1C1CC1)N1CCO[C@@H](c2ccnc(N3CCCC3)n2)C1. The van der Waals surface area contributed by atoms with E-state index < -0.39 is 0 Å². The fourth-order valence-electron chi connectivity index (χ4n) is 4.42. The van der Waals surface area contributed by atoms with Crippen molar-refractivity contribution in [3.8, 4) is 0 Å². The maximum absolute atomic E-state index is 12.8. The quantitative estimate of drug-likeness (QED) is 0.838. The average Bonchev–Trinajstić information content (AvgIpc) is 3.58. The van der Waals surface area contributed by atoms with Crippen molar-refractivity contribution in [1.29, 1.82) is 0 Å². The highest BCUT2D eigenvalue weighted by atomic mass is 16.5. The first kappa shape index (κ1) is 15.6. The van der Waals surface area contributed by atoms with Crippen LogP contribution in [0.5, 0.6) is 0 Å². The molecule has 4 aliphatic rings. The highest BCUT2D eigenvalue weighted by Crippen LogP contribution is 2.55. The van der Waals surface area contributed by atoms with Crippen LogP contribution in [0.2, 0.25) is 0 Å². The fraction of sp³-hybridized carbons (Fsp3) is 0.737. The van der Waals surface area contributed by atoms with Crippen LogP contribution >= 0.6 is 0 Å². The lowest BCUT2D eigenvalue weighted by molar-refractivity contribution is -0.141. The number of carbonyl (C=O) groups is 1. The Morgan fingerprint density at radius 1 is 1.20 bits per heavy atom. The summed E-state index contributed by atoms with van der Waals surface area (Å²) < 4.78 is 5.95. The summed E-state index contributed by atoms with van der Waals surface area (Å²) in [6, 6.07) is 1.93. The van der Waals surface area contributed by atoms with Crippen LogP contribution in [0.25, 0.3) is 0 Å². The molecule has 2 aliphatic carbocycles. The van der Waals surface area contributed by atoms with Gasteiger partial charge in [0.2, 0.25) is 11.9 Å². The summed E-state index contributed by atoms with van der Waals surface area (Å²) in [7, 11) is 0. The van der Waals surface area contributed by atoms with Crippen LogP contribution in [0, 0.1) is 17.8 Å². The number of amides is 1. The number of nitrogens with zero attached hydrogens (tertiary/aromatic N) is 4. The van der Waals surface area contributed by atoms with Crippen LogP contribution in [-0.2, 0) is 9.53 Å². The Labute approximate surface area is 148 Å². The molecule has 2 saturated carbocycles. The molecule has 0 N–H and O–H groups in total. The molecule has 3 heterocycles. The van der Waals surface area contributed by atoms with Crippen molar-refractivity contribution in [2.45, 2.75) is 38.2 Å². The predicted molar refractivity (Wildman–Crippen MR) is 93.1 cm³/mol. The highest BCUT2D eigenvalue weighted by Gasteiger charge is 2.52. The maximum atomic E-state index is 12.8. The van der Waals surface area contributed by atoms with Gasteiger partial charge in [0.1, 0.15) is 6.10 Å². The monoisotopic (exact) mass is 342 g/mol. The minimum atomic E-state index is -0.125. The predicted octanol–water partition coefficient (Wildman–Crippen LogP) is 2.02. The zero-order valence-electron chi connectivity index (χ0n) is 14.6. The lowest BCUT2D eigenvalue weighted by Gasteiger charge is -2.33. The van der Waals surface area contributed by atoms with Crippen molar-refractivity contribution in [2.24, 2.45) is 17.8 Å². The maximum Gasteiger partial charge on any atom is 0.226 e. The van der Waals surface area contributed by atoms with E-state index in [0.717, 1.165) is 37.1 Å². The van der Waals surface area contributed by atoms with Gasteiger partial charge in [-0.3, -0.25) is 4.79 Å². The van der Waals surface area contributed by atoms with Crippen LogP contribution < -0.4 is 4.90 Å². The number of aromatic nitrogens is 2. The summed E-state index contributed by atoms with van der Waals surface area (Å²) >= 11 is 0. The third-order valence-corrected chi connectivity index (χ3v) is 6.15. The molecule has 0 aromatic carbocycles. The van der Waals surface area contributed by atoms with Crippen molar-refractivity contribution in [3.05, 3.63) is 18.0 Å². The van der Waals surface area contributed by atoms with Crippen molar-refractivity contribution in [3.63, 3.8) is 0 Å². The molecule has 6 nitrogen and oxygen atoms in total. The van der Waals surface area contributed by atoms with E-state index in [-0.39, 0.29) is 12.0 Å². The van der Waals surface area contributed by atoms with Gasteiger partial charge in [0.25, 0.3) is 0 Å². The Bertz CT molecular complexity index is 657. The molecule has 1 amide bonds. The van der Waals surface area contributed by atoms with Crippen LogP contribution in [0.15, 0.2) is 12.3 Å². The van der Waals surface area contributed by atoms with E-state index in [0.29, 0.717) is 31.5 Å². The van der Waals surface area contributed by atoms with E-state index in [4.69, 9.17) is 9.72 Å². The number of ether oxygens (including phenoxy) is 1. The fourth-order valence-corrected chi connectivity index (χ4v) is 4.42. The third-order valence-electron chi connectivity index (χ3n) is 6.15. The van der Waals surface area contributed by atoms with Crippen LogP contribution in [-0.4, -0.2) is 53.6 Å². The van der Waals surface area contributed by atoms with Crippen LogP contribution in [0.3, 0.4) is 0 Å². The molecule has 1 aromatic heterocycles. The van der Waals surface area contributed by atoms with Gasteiger partial charge in [-0.05, 0) is 50.0 Å². The number of hydrogen-bond acceptors (Lipinski definition) is 5. The van der Waals surface area contributed by atoms with Gasteiger partial charge in [0, 0.05) is 31.7 Å². The summed E-state index contributed by atoms with van der Waals surface area (Å²) in [6.07, 6.45) is 7.89. The topological polar surface area (TPSA) is 58.6 Å². The third kappa shape index (κ3) is 3.12. The molecule has 3 atom stereocenters. The molecule has 5 rings (SSSR count). The largest absolute Gasteiger partial charge is 0.368 e. The molecule has 25 heavy (non-hydrogen) atoms. The summed E-state index contributed by atoms with van der Waals surface area (Å²) in [5.41, 5.74) is 0.906. The molecule has 6 heteroatoms. The average molecular weight is 342 g/mol. The molecule has 0 radical (unpaired) electrons. The first-order chi connectivity index (χ1) is 12.3.